The molecule has 4 rings (SSSR count). The number of fused-ring (bicyclic) bond motifs is 3. The highest BCUT2D eigenvalue weighted by Gasteiger charge is 2.67. The van der Waals surface area contributed by atoms with Crippen molar-refractivity contribution in [2.45, 2.75) is 95.0 Å². The number of hydrogen-bond donors (Lipinski definition) is 0. The summed E-state index contributed by atoms with van der Waals surface area (Å²) < 4.78 is 67.7. The molecule has 1 aliphatic carbocycles. The molecule has 0 aromatic rings. The number of hydrogen-bond acceptors (Lipinski definition) is 7. The molecule has 0 aromatic carbocycles. The molecule has 1 saturated carbocycles. The lowest BCUT2D eigenvalue weighted by Gasteiger charge is -2.33. The normalized spacial score (nSPS) is 38.6. The van der Waals surface area contributed by atoms with Crippen LogP contribution in [-0.4, -0.2) is 54.6 Å². The third-order valence-electron chi connectivity index (χ3n) is 6.30. The van der Waals surface area contributed by atoms with Gasteiger partial charge in [-0.15, -0.1) is 0 Å². The highest BCUT2D eigenvalue weighted by Crippen LogP contribution is 2.49. The van der Waals surface area contributed by atoms with Crippen molar-refractivity contribution in [2.24, 2.45) is 5.41 Å². The van der Waals surface area contributed by atoms with E-state index in [1.54, 1.807) is 0 Å². The maximum Gasteiger partial charge on any atom is 0.404 e. The predicted molar refractivity (Wildman–Crippen MR) is 84.6 cm³/mol. The van der Waals surface area contributed by atoms with Gasteiger partial charge in [0.05, 0.1) is 0 Å². The molecule has 158 valence electrons. The van der Waals surface area contributed by atoms with Crippen molar-refractivity contribution in [3.63, 3.8) is 0 Å². The van der Waals surface area contributed by atoms with E-state index in [0.717, 1.165) is 26.2 Å². The van der Waals surface area contributed by atoms with E-state index >= 15 is 0 Å². The van der Waals surface area contributed by atoms with Crippen LogP contribution in [-0.2, 0) is 33.3 Å². The van der Waals surface area contributed by atoms with E-state index in [0.29, 0.717) is 12.8 Å². The average Bonchev–Trinajstić information content (AvgIpc) is 3.23. The fraction of sp³-hybridized carbons (Fsp3) is 0.889. The van der Waals surface area contributed by atoms with Crippen LogP contribution in [0.3, 0.4) is 0 Å². The molecule has 28 heavy (non-hydrogen) atoms. The van der Waals surface area contributed by atoms with Gasteiger partial charge in [0, 0.05) is 12.8 Å². The van der Waals surface area contributed by atoms with Crippen molar-refractivity contribution in [2.75, 3.05) is 0 Å². The summed E-state index contributed by atoms with van der Waals surface area (Å²) in [4.78, 5) is 24.4. The van der Waals surface area contributed by atoms with Crippen LogP contribution in [0.4, 0.5) is 13.2 Å². The number of ether oxygens (including phenoxy) is 5. The van der Waals surface area contributed by atoms with Gasteiger partial charge in [0.25, 0.3) is 0 Å². The van der Waals surface area contributed by atoms with E-state index in [2.05, 4.69) is 0 Å². The smallest absolute Gasteiger partial charge is 0.404 e. The van der Waals surface area contributed by atoms with Crippen molar-refractivity contribution in [3.8, 4) is 0 Å². The zero-order valence-corrected chi connectivity index (χ0v) is 15.6. The summed E-state index contributed by atoms with van der Waals surface area (Å²) in [7, 11) is 0. The Morgan fingerprint density at radius 3 is 2.43 bits per heavy atom. The molecule has 0 radical (unpaired) electrons. The van der Waals surface area contributed by atoms with Gasteiger partial charge in [-0.3, -0.25) is 4.79 Å². The molecule has 6 unspecified atom stereocenters. The van der Waals surface area contributed by atoms with Crippen molar-refractivity contribution in [1.82, 2.24) is 0 Å². The Morgan fingerprint density at radius 2 is 1.82 bits per heavy atom. The molecule has 4 fully saturated rings. The van der Waals surface area contributed by atoms with Gasteiger partial charge in [-0.05, 0) is 26.2 Å². The molecule has 0 amide bonds. The summed E-state index contributed by atoms with van der Waals surface area (Å²) in [6, 6.07) is 0. The van der Waals surface area contributed by atoms with Crippen LogP contribution in [0.15, 0.2) is 0 Å². The van der Waals surface area contributed by atoms with E-state index in [4.69, 9.17) is 23.7 Å². The molecular formula is C18H23F3O7. The van der Waals surface area contributed by atoms with Crippen molar-refractivity contribution in [1.29, 1.82) is 0 Å². The number of halogens is 3. The highest BCUT2D eigenvalue weighted by molar-refractivity contribution is 5.84. The second-order valence-electron chi connectivity index (χ2n) is 8.05. The minimum Gasteiger partial charge on any atom is -0.454 e. The summed E-state index contributed by atoms with van der Waals surface area (Å²) in [5.41, 5.74) is -2.72. The van der Waals surface area contributed by atoms with Crippen LogP contribution in [0.5, 0.6) is 0 Å². The van der Waals surface area contributed by atoms with Crippen LogP contribution < -0.4 is 0 Å². The molecule has 7 nitrogen and oxygen atoms in total. The van der Waals surface area contributed by atoms with E-state index in [1.165, 1.54) is 6.92 Å². The van der Waals surface area contributed by atoms with Gasteiger partial charge in [-0.1, -0.05) is 13.3 Å². The zero-order chi connectivity index (χ0) is 20.3. The highest BCUT2D eigenvalue weighted by atomic mass is 19.4. The van der Waals surface area contributed by atoms with Crippen LogP contribution in [0.2, 0.25) is 0 Å². The summed E-state index contributed by atoms with van der Waals surface area (Å²) in [5.74, 6) is -3.23. The largest absolute Gasteiger partial charge is 0.454 e. The molecule has 3 heterocycles. The first-order valence-corrected chi connectivity index (χ1v) is 9.60. The molecule has 6 atom stereocenters. The van der Waals surface area contributed by atoms with Crippen molar-refractivity contribution >= 4 is 11.9 Å². The van der Waals surface area contributed by atoms with Gasteiger partial charge >= 0.3 is 18.1 Å². The zero-order valence-electron chi connectivity index (χ0n) is 15.6. The first-order chi connectivity index (χ1) is 13.1. The molecule has 1 spiro atoms. The predicted octanol–water partition coefficient (Wildman–Crippen LogP) is 2.60. The Morgan fingerprint density at radius 1 is 1.14 bits per heavy atom. The first kappa shape index (κ1) is 19.9. The minimum atomic E-state index is -4.81. The van der Waals surface area contributed by atoms with Crippen LogP contribution in [0, 0.1) is 5.41 Å². The van der Waals surface area contributed by atoms with Crippen LogP contribution >= 0.6 is 0 Å². The van der Waals surface area contributed by atoms with E-state index < -0.39 is 66.4 Å². The summed E-state index contributed by atoms with van der Waals surface area (Å²) in [5, 5.41) is 0. The van der Waals surface area contributed by atoms with Crippen molar-refractivity contribution < 1.29 is 46.4 Å². The average molecular weight is 408 g/mol. The fourth-order valence-corrected chi connectivity index (χ4v) is 4.22. The monoisotopic (exact) mass is 408 g/mol. The first-order valence-electron chi connectivity index (χ1n) is 9.60. The number of esters is 2. The topological polar surface area (TPSA) is 80.3 Å². The third kappa shape index (κ3) is 2.91. The molecule has 4 aliphatic rings. The SMILES string of the molecule is CCC(C)(C(=O)OC1C(=O)OC2C3OC4(CCCCC4)OC3OC12)C(F)(F)F. The van der Waals surface area contributed by atoms with E-state index in [9.17, 15) is 22.8 Å². The molecule has 3 aliphatic heterocycles. The molecule has 0 bridgehead atoms. The Hall–Kier alpha value is -1.39. The lowest BCUT2D eigenvalue weighted by atomic mass is 9.87. The van der Waals surface area contributed by atoms with Gasteiger partial charge in [0.2, 0.25) is 6.10 Å². The van der Waals surface area contributed by atoms with Crippen LogP contribution in [0.25, 0.3) is 0 Å². The number of carbonyl (C=O) groups is 2. The second kappa shape index (κ2) is 6.56. The van der Waals surface area contributed by atoms with Gasteiger partial charge in [-0.25, -0.2) is 4.79 Å². The number of alkyl halides is 3. The summed E-state index contributed by atoms with van der Waals surface area (Å²) >= 11 is 0. The lowest BCUT2D eigenvalue weighted by molar-refractivity contribution is -0.251. The Kier molecular flexibility index (Phi) is 4.67. The number of rotatable bonds is 3. The maximum atomic E-state index is 13.3. The maximum absolute atomic E-state index is 13.3. The van der Waals surface area contributed by atoms with Gasteiger partial charge in [0.15, 0.2) is 29.7 Å². The molecule has 3 saturated heterocycles. The quantitative estimate of drug-likeness (QED) is 0.664. The van der Waals surface area contributed by atoms with Gasteiger partial charge in [0.1, 0.15) is 6.10 Å². The van der Waals surface area contributed by atoms with Gasteiger partial charge in [-0.2, -0.15) is 13.2 Å². The minimum absolute atomic E-state index is 0.522. The standard InChI is InChI=1S/C18H23F3O7/c1-3-16(2,18(19,20)21)15(23)26-11-9-10(24-13(11)22)12-14(25-9)28-17(27-12)7-5-4-6-8-17/h9-12,14H,3-8H2,1-2H3. The lowest BCUT2D eigenvalue weighted by Crippen LogP contribution is -2.47. The molecule has 10 heteroatoms. The Balaban J connectivity index is 1.46. The molecular weight excluding hydrogens is 385 g/mol. The number of carbonyl (C=O) groups excluding carboxylic acids is 2. The van der Waals surface area contributed by atoms with E-state index in [1.807, 2.05) is 0 Å². The molecule has 0 N–H and O–H groups in total. The van der Waals surface area contributed by atoms with Crippen LogP contribution in [0.1, 0.15) is 52.4 Å². The Labute approximate surface area is 159 Å². The van der Waals surface area contributed by atoms with Crippen molar-refractivity contribution in [3.05, 3.63) is 0 Å². The summed E-state index contributed by atoms with van der Waals surface area (Å²) in [6.45, 7) is 1.97. The second-order valence-corrected chi connectivity index (χ2v) is 8.05. The third-order valence-corrected chi connectivity index (χ3v) is 6.30. The van der Waals surface area contributed by atoms with E-state index in [-0.39, 0.29) is 0 Å². The van der Waals surface area contributed by atoms with Gasteiger partial charge < -0.3 is 23.7 Å². The fourth-order valence-electron chi connectivity index (χ4n) is 4.22. The summed E-state index contributed by atoms with van der Waals surface area (Å²) in [6.07, 6.45) is -5.96. The Bertz CT molecular complexity index is 660. The molecule has 0 aromatic heterocycles.